The van der Waals surface area contributed by atoms with Crippen molar-refractivity contribution >= 4 is 28.6 Å². The van der Waals surface area contributed by atoms with Crippen molar-refractivity contribution < 1.29 is 14.1 Å². The van der Waals surface area contributed by atoms with Gasteiger partial charge in [0.15, 0.2) is 0 Å². The van der Waals surface area contributed by atoms with Crippen LogP contribution in [0.2, 0.25) is 0 Å². The van der Waals surface area contributed by atoms with Crippen LogP contribution in [0.3, 0.4) is 0 Å². The lowest BCUT2D eigenvalue weighted by Gasteiger charge is -2.09. The topological polar surface area (TPSA) is 90.1 Å². The Morgan fingerprint density at radius 2 is 2.13 bits per heavy atom. The number of hydrogen-bond donors (Lipinski definition) is 1. The van der Waals surface area contributed by atoms with Gasteiger partial charge in [-0.05, 0) is 39.0 Å². The molecule has 0 amide bonds. The van der Waals surface area contributed by atoms with Gasteiger partial charge >= 0.3 is 5.97 Å². The molecule has 23 heavy (non-hydrogen) atoms. The van der Waals surface area contributed by atoms with Crippen molar-refractivity contribution in [2.75, 3.05) is 11.9 Å². The van der Waals surface area contributed by atoms with Crippen molar-refractivity contribution in [2.24, 2.45) is 0 Å². The van der Waals surface area contributed by atoms with E-state index in [1.54, 1.807) is 32.0 Å². The fraction of sp³-hybridized carbons (Fsp3) is 0.250. The minimum absolute atomic E-state index is 0.335. The monoisotopic (exact) mass is 312 g/mol. The summed E-state index contributed by atoms with van der Waals surface area (Å²) in [6.07, 6.45) is 0. The number of rotatable bonds is 4. The predicted molar refractivity (Wildman–Crippen MR) is 84.8 cm³/mol. The fourth-order valence-electron chi connectivity index (χ4n) is 2.26. The van der Waals surface area contributed by atoms with Gasteiger partial charge in [-0.15, -0.1) is 0 Å². The standard InChI is InChI=1S/C16H16N4O3/c1-4-22-16(21)11-6-5-7-12(8-11)19-14-13-9(2)20-23-15(13)18-10(3)17-14/h5-8H,4H2,1-3H3,(H,17,18,19). The van der Waals surface area contributed by atoms with E-state index < -0.39 is 0 Å². The molecular formula is C16H16N4O3. The van der Waals surface area contributed by atoms with E-state index in [2.05, 4.69) is 20.4 Å². The number of hydrogen-bond acceptors (Lipinski definition) is 7. The molecule has 1 aromatic carbocycles. The summed E-state index contributed by atoms with van der Waals surface area (Å²) in [5.41, 5.74) is 2.32. The lowest BCUT2D eigenvalue weighted by atomic mass is 10.2. The first-order chi connectivity index (χ1) is 11.1. The van der Waals surface area contributed by atoms with E-state index in [1.807, 2.05) is 13.0 Å². The molecule has 0 aliphatic carbocycles. The van der Waals surface area contributed by atoms with Gasteiger partial charge in [0.05, 0.1) is 17.9 Å². The van der Waals surface area contributed by atoms with Crippen LogP contribution in [-0.2, 0) is 4.74 Å². The van der Waals surface area contributed by atoms with Crippen molar-refractivity contribution in [1.82, 2.24) is 15.1 Å². The molecule has 0 bridgehead atoms. The van der Waals surface area contributed by atoms with Gasteiger partial charge in [-0.2, -0.15) is 4.98 Å². The fourth-order valence-corrected chi connectivity index (χ4v) is 2.26. The minimum atomic E-state index is -0.360. The van der Waals surface area contributed by atoms with Gasteiger partial charge in [0, 0.05) is 5.69 Å². The second-order valence-corrected chi connectivity index (χ2v) is 4.99. The van der Waals surface area contributed by atoms with Crippen LogP contribution in [0.1, 0.15) is 28.8 Å². The van der Waals surface area contributed by atoms with Gasteiger partial charge in [0.2, 0.25) is 0 Å². The molecule has 0 saturated carbocycles. The molecule has 0 unspecified atom stereocenters. The largest absolute Gasteiger partial charge is 0.462 e. The molecular weight excluding hydrogens is 296 g/mol. The summed E-state index contributed by atoms with van der Waals surface area (Å²) < 4.78 is 10.2. The number of aromatic nitrogens is 3. The molecule has 0 atom stereocenters. The summed E-state index contributed by atoms with van der Waals surface area (Å²) in [4.78, 5) is 20.4. The van der Waals surface area contributed by atoms with Crippen molar-refractivity contribution in [3.63, 3.8) is 0 Å². The highest BCUT2D eigenvalue weighted by atomic mass is 16.5. The molecule has 7 heteroatoms. The van der Waals surface area contributed by atoms with E-state index in [1.165, 1.54) is 0 Å². The molecule has 0 aliphatic rings. The van der Waals surface area contributed by atoms with E-state index in [0.29, 0.717) is 35.2 Å². The smallest absolute Gasteiger partial charge is 0.338 e. The molecule has 2 aromatic heterocycles. The molecule has 2 heterocycles. The van der Waals surface area contributed by atoms with Crippen LogP contribution in [0, 0.1) is 13.8 Å². The Bertz CT molecular complexity index is 873. The number of aryl methyl sites for hydroxylation is 2. The molecule has 3 rings (SSSR count). The number of carbonyl (C=O) groups is 1. The molecule has 0 spiro atoms. The first-order valence-corrected chi connectivity index (χ1v) is 7.23. The van der Waals surface area contributed by atoms with Gasteiger partial charge < -0.3 is 14.6 Å². The van der Waals surface area contributed by atoms with E-state index in [9.17, 15) is 4.79 Å². The van der Waals surface area contributed by atoms with E-state index in [0.717, 1.165) is 11.1 Å². The highest BCUT2D eigenvalue weighted by Gasteiger charge is 2.14. The number of esters is 1. The Balaban J connectivity index is 1.98. The summed E-state index contributed by atoms with van der Waals surface area (Å²) >= 11 is 0. The van der Waals surface area contributed by atoms with Crippen molar-refractivity contribution in [3.8, 4) is 0 Å². The lowest BCUT2D eigenvalue weighted by molar-refractivity contribution is 0.0526. The number of ether oxygens (including phenoxy) is 1. The Hall–Kier alpha value is -2.96. The van der Waals surface area contributed by atoms with Crippen LogP contribution in [-0.4, -0.2) is 27.7 Å². The number of fused-ring (bicyclic) bond motifs is 1. The van der Waals surface area contributed by atoms with Crippen LogP contribution >= 0.6 is 0 Å². The number of anilines is 2. The van der Waals surface area contributed by atoms with Crippen molar-refractivity contribution in [1.29, 1.82) is 0 Å². The van der Waals surface area contributed by atoms with Crippen LogP contribution < -0.4 is 5.32 Å². The Morgan fingerprint density at radius 1 is 1.30 bits per heavy atom. The third kappa shape index (κ3) is 2.98. The first-order valence-electron chi connectivity index (χ1n) is 7.23. The maximum absolute atomic E-state index is 11.8. The molecule has 1 N–H and O–H groups in total. The van der Waals surface area contributed by atoms with Gasteiger partial charge in [-0.3, -0.25) is 0 Å². The van der Waals surface area contributed by atoms with Gasteiger partial charge in [-0.1, -0.05) is 11.2 Å². The zero-order valence-electron chi connectivity index (χ0n) is 13.1. The van der Waals surface area contributed by atoms with Crippen molar-refractivity contribution in [2.45, 2.75) is 20.8 Å². The highest BCUT2D eigenvalue weighted by molar-refractivity contribution is 5.92. The predicted octanol–water partition coefficient (Wildman–Crippen LogP) is 3.15. The average Bonchev–Trinajstić information content (AvgIpc) is 2.89. The third-order valence-electron chi connectivity index (χ3n) is 3.25. The lowest BCUT2D eigenvalue weighted by Crippen LogP contribution is -2.05. The maximum Gasteiger partial charge on any atom is 0.338 e. The molecule has 7 nitrogen and oxygen atoms in total. The van der Waals surface area contributed by atoms with Gasteiger partial charge in [0.1, 0.15) is 17.0 Å². The van der Waals surface area contributed by atoms with E-state index in [4.69, 9.17) is 9.26 Å². The third-order valence-corrected chi connectivity index (χ3v) is 3.25. The number of carbonyl (C=O) groups excluding carboxylic acids is 1. The second-order valence-electron chi connectivity index (χ2n) is 4.99. The second kappa shape index (κ2) is 6.04. The van der Waals surface area contributed by atoms with Crippen LogP contribution in [0.15, 0.2) is 28.8 Å². The van der Waals surface area contributed by atoms with Crippen molar-refractivity contribution in [3.05, 3.63) is 41.3 Å². The highest BCUT2D eigenvalue weighted by Crippen LogP contribution is 2.26. The molecule has 3 aromatic rings. The molecule has 118 valence electrons. The van der Waals surface area contributed by atoms with Crippen LogP contribution in [0.25, 0.3) is 11.1 Å². The minimum Gasteiger partial charge on any atom is -0.462 e. The zero-order chi connectivity index (χ0) is 16.4. The SMILES string of the molecule is CCOC(=O)c1cccc(Nc2nc(C)nc3onc(C)c23)c1. The Morgan fingerprint density at radius 3 is 2.91 bits per heavy atom. The zero-order valence-corrected chi connectivity index (χ0v) is 13.1. The quantitative estimate of drug-likeness (QED) is 0.740. The normalized spacial score (nSPS) is 10.7. The molecule has 0 saturated heterocycles. The van der Waals surface area contributed by atoms with Crippen LogP contribution in [0.5, 0.6) is 0 Å². The summed E-state index contributed by atoms with van der Waals surface area (Å²) in [5, 5.41) is 7.83. The Kier molecular flexibility index (Phi) is 3.92. The number of benzene rings is 1. The van der Waals surface area contributed by atoms with E-state index >= 15 is 0 Å². The Labute approximate surface area is 132 Å². The molecule has 0 radical (unpaired) electrons. The first kappa shape index (κ1) is 15.0. The summed E-state index contributed by atoms with van der Waals surface area (Å²) in [6.45, 7) is 5.71. The summed E-state index contributed by atoms with van der Waals surface area (Å²) in [7, 11) is 0. The van der Waals surface area contributed by atoms with Crippen LogP contribution in [0.4, 0.5) is 11.5 Å². The average molecular weight is 312 g/mol. The molecule has 0 fully saturated rings. The van der Waals surface area contributed by atoms with E-state index in [-0.39, 0.29) is 5.97 Å². The number of nitrogens with one attached hydrogen (secondary N) is 1. The molecule has 0 aliphatic heterocycles. The summed E-state index contributed by atoms with van der Waals surface area (Å²) in [6, 6.07) is 7.04. The number of nitrogens with zero attached hydrogens (tertiary/aromatic N) is 3. The maximum atomic E-state index is 11.8. The summed E-state index contributed by atoms with van der Waals surface area (Å²) in [5.74, 6) is 0.797. The van der Waals surface area contributed by atoms with Gasteiger partial charge in [-0.25, -0.2) is 9.78 Å². The van der Waals surface area contributed by atoms with Gasteiger partial charge in [0.25, 0.3) is 5.71 Å².